The zero-order valence-corrected chi connectivity index (χ0v) is 10.8. The molecule has 0 fully saturated rings. The van der Waals surface area contributed by atoms with Crippen molar-refractivity contribution in [3.8, 4) is 0 Å². The molecule has 4 heteroatoms. The van der Waals surface area contributed by atoms with Crippen molar-refractivity contribution in [2.45, 2.75) is 19.9 Å². The highest BCUT2D eigenvalue weighted by atomic mass is 79.9. The van der Waals surface area contributed by atoms with E-state index in [0.29, 0.717) is 0 Å². The quantitative estimate of drug-likeness (QED) is 0.774. The van der Waals surface area contributed by atoms with Gasteiger partial charge in [0.05, 0.1) is 0 Å². The lowest BCUT2D eigenvalue weighted by atomic mass is 10.4. The summed E-state index contributed by atoms with van der Waals surface area (Å²) in [4.78, 5) is 1.36. The fourth-order valence-corrected chi connectivity index (χ4v) is 2.56. The number of hydrogen-bond acceptors (Lipinski definition) is 3. The summed E-state index contributed by atoms with van der Waals surface area (Å²) in [5.41, 5.74) is 0. The van der Waals surface area contributed by atoms with Crippen molar-refractivity contribution < 1.29 is 4.74 Å². The van der Waals surface area contributed by atoms with E-state index in [-0.39, 0.29) is 0 Å². The van der Waals surface area contributed by atoms with Crippen molar-refractivity contribution in [2.24, 2.45) is 0 Å². The van der Waals surface area contributed by atoms with E-state index in [2.05, 4.69) is 32.7 Å². The van der Waals surface area contributed by atoms with Crippen molar-refractivity contribution in [2.75, 3.05) is 19.8 Å². The monoisotopic (exact) mass is 277 g/mol. The fourth-order valence-electron chi connectivity index (χ4n) is 1.10. The highest BCUT2D eigenvalue weighted by Crippen LogP contribution is 2.21. The Morgan fingerprint density at radius 1 is 1.57 bits per heavy atom. The van der Waals surface area contributed by atoms with Crippen LogP contribution in [0.1, 0.15) is 18.2 Å². The summed E-state index contributed by atoms with van der Waals surface area (Å²) in [5, 5.41) is 5.49. The summed E-state index contributed by atoms with van der Waals surface area (Å²) in [6, 6.07) is 2.09. The number of nitrogens with one attached hydrogen (secondary N) is 1. The van der Waals surface area contributed by atoms with Gasteiger partial charge in [-0.1, -0.05) is 0 Å². The van der Waals surface area contributed by atoms with E-state index in [1.807, 2.05) is 6.92 Å². The standard InChI is InChI=1S/C10H16BrNOS/c1-2-13-6-3-5-12-8-10-9(11)4-7-14-10/h4,7,12H,2-3,5-6,8H2,1H3. The molecule has 0 atom stereocenters. The second-order valence-corrected chi connectivity index (χ2v) is 4.77. The molecular weight excluding hydrogens is 262 g/mol. The van der Waals surface area contributed by atoms with Gasteiger partial charge in [-0.3, -0.25) is 0 Å². The van der Waals surface area contributed by atoms with Gasteiger partial charge in [-0.05, 0) is 47.3 Å². The first-order valence-corrected chi connectivity index (χ1v) is 6.52. The normalized spacial score (nSPS) is 10.7. The van der Waals surface area contributed by atoms with Crippen LogP contribution in [0.4, 0.5) is 0 Å². The minimum absolute atomic E-state index is 0.816. The van der Waals surface area contributed by atoms with Crippen LogP contribution in [-0.4, -0.2) is 19.8 Å². The van der Waals surface area contributed by atoms with Gasteiger partial charge in [0, 0.05) is 29.1 Å². The highest BCUT2D eigenvalue weighted by molar-refractivity contribution is 9.10. The van der Waals surface area contributed by atoms with Crippen molar-refractivity contribution in [1.82, 2.24) is 5.32 Å². The summed E-state index contributed by atoms with van der Waals surface area (Å²) < 4.78 is 6.46. The minimum atomic E-state index is 0.816. The Morgan fingerprint density at radius 3 is 3.07 bits per heavy atom. The maximum absolute atomic E-state index is 5.25. The predicted molar refractivity (Wildman–Crippen MR) is 64.8 cm³/mol. The average Bonchev–Trinajstić information content (AvgIpc) is 2.58. The van der Waals surface area contributed by atoms with Crippen molar-refractivity contribution in [1.29, 1.82) is 0 Å². The first-order chi connectivity index (χ1) is 6.84. The molecule has 1 N–H and O–H groups in total. The van der Waals surface area contributed by atoms with E-state index in [1.54, 1.807) is 11.3 Å². The molecule has 0 spiro atoms. The van der Waals surface area contributed by atoms with E-state index >= 15 is 0 Å². The molecule has 1 aromatic rings. The van der Waals surface area contributed by atoms with Crippen molar-refractivity contribution in [3.63, 3.8) is 0 Å². The second-order valence-electron chi connectivity index (χ2n) is 2.92. The molecule has 0 saturated carbocycles. The van der Waals surface area contributed by atoms with Crippen LogP contribution in [0.3, 0.4) is 0 Å². The molecule has 0 aliphatic heterocycles. The molecule has 80 valence electrons. The van der Waals surface area contributed by atoms with Gasteiger partial charge in [0.15, 0.2) is 0 Å². The third-order valence-corrected chi connectivity index (χ3v) is 3.75. The van der Waals surface area contributed by atoms with Gasteiger partial charge < -0.3 is 10.1 Å². The molecule has 0 aliphatic carbocycles. The van der Waals surface area contributed by atoms with Crippen LogP contribution in [0.2, 0.25) is 0 Å². The largest absolute Gasteiger partial charge is 0.382 e. The highest BCUT2D eigenvalue weighted by Gasteiger charge is 1.99. The zero-order chi connectivity index (χ0) is 10.2. The van der Waals surface area contributed by atoms with Crippen molar-refractivity contribution >= 4 is 27.3 Å². The van der Waals surface area contributed by atoms with Crippen molar-refractivity contribution in [3.05, 3.63) is 20.8 Å². The molecule has 0 amide bonds. The number of thiophene rings is 1. The zero-order valence-electron chi connectivity index (χ0n) is 8.38. The number of rotatable bonds is 7. The summed E-state index contributed by atoms with van der Waals surface area (Å²) in [6.07, 6.45) is 1.08. The molecule has 1 rings (SSSR count). The maximum atomic E-state index is 5.25. The predicted octanol–water partition coefficient (Wildman–Crippen LogP) is 3.03. The number of ether oxygens (including phenoxy) is 1. The SMILES string of the molecule is CCOCCCNCc1sccc1Br. The topological polar surface area (TPSA) is 21.3 Å². The molecule has 14 heavy (non-hydrogen) atoms. The van der Waals surface area contributed by atoms with Gasteiger partial charge in [0.1, 0.15) is 0 Å². The molecule has 0 aromatic carbocycles. The summed E-state index contributed by atoms with van der Waals surface area (Å²) >= 11 is 5.28. The van der Waals surface area contributed by atoms with Crippen LogP contribution in [0.5, 0.6) is 0 Å². The van der Waals surface area contributed by atoms with Crippen LogP contribution < -0.4 is 5.32 Å². The Kier molecular flexibility index (Phi) is 6.43. The number of halogens is 1. The van der Waals surface area contributed by atoms with E-state index in [9.17, 15) is 0 Å². The second kappa shape index (κ2) is 7.40. The lowest BCUT2D eigenvalue weighted by molar-refractivity contribution is 0.144. The fraction of sp³-hybridized carbons (Fsp3) is 0.600. The van der Waals surface area contributed by atoms with Gasteiger partial charge in [-0.15, -0.1) is 11.3 Å². The van der Waals surface area contributed by atoms with Crippen LogP contribution in [0.15, 0.2) is 15.9 Å². The Morgan fingerprint density at radius 2 is 2.43 bits per heavy atom. The third-order valence-electron chi connectivity index (χ3n) is 1.82. The van der Waals surface area contributed by atoms with Gasteiger partial charge in [-0.25, -0.2) is 0 Å². The molecule has 0 aliphatic rings. The Balaban J connectivity index is 2.02. The van der Waals surface area contributed by atoms with Gasteiger partial charge in [-0.2, -0.15) is 0 Å². The van der Waals surface area contributed by atoms with Crippen LogP contribution in [0, 0.1) is 0 Å². The Labute approximate surface area is 97.8 Å². The lowest BCUT2D eigenvalue weighted by Gasteiger charge is -2.03. The first-order valence-electron chi connectivity index (χ1n) is 4.85. The molecule has 1 heterocycles. The Hall–Kier alpha value is 0.100. The van der Waals surface area contributed by atoms with Gasteiger partial charge in [0.25, 0.3) is 0 Å². The molecule has 0 saturated heterocycles. The molecule has 0 bridgehead atoms. The minimum Gasteiger partial charge on any atom is -0.382 e. The van der Waals surface area contributed by atoms with E-state index < -0.39 is 0 Å². The smallest absolute Gasteiger partial charge is 0.0477 e. The van der Waals surface area contributed by atoms with E-state index in [1.165, 1.54) is 9.35 Å². The van der Waals surface area contributed by atoms with Gasteiger partial charge >= 0.3 is 0 Å². The summed E-state index contributed by atoms with van der Waals surface area (Å²) in [7, 11) is 0. The van der Waals surface area contributed by atoms with Crippen LogP contribution in [0.25, 0.3) is 0 Å². The third kappa shape index (κ3) is 4.55. The van der Waals surface area contributed by atoms with Crippen LogP contribution >= 0.6 is 27.3 Å². The Bertz CT molecular complexity index is 252. The van der Waals surface area contributed by atoms with Crippen LogP contribution in [-0.2, 0) is 11.3 Å². The summed E-state index contributed by atoms with van der Waals surface area (Å²) in [6.45, 7) is 5.66. The number of hydrogen-bond donors (Lipinski definition) is 1. The molecule has 1 aromatic heterocycles. The average molecular weight is 278 g/mol. The van der Waals surface area contributed by atoms with E-state index in [0.717, 1.165) is 32.7 Å². The van der Waals surface area contributed by atoms with E-state index in [4.69, 9.17) is 4.74 Å². The lowest BCUT2D eigenvalue weighted by Crippen LogP contribution is -2.15. The first kappa shape index (κ1) is 12.2. The maximum Gasteiger partial charge on any atom is 0.0477 e. The summed E-state index contributed by atoms with van der Waals surface area (Å²) in [5.74, 6) is 0. The molecule has 2 nitrogen and oxygen atoms in total. The van der Waals surface area contributed by atoms with Gasteiger partial charge in [0.2, 0.25) is 0 Å². The molecular formula is C10H16BrNOS. The molecule has 0 radical (unpaired) electrons. The molecule has 0 unspecified atom stereocenters.